The van der Waals surface area contributed by atoms with Gasteiger partial charge in [0.15, 0.2) is 16.1 Å². The van der Waals surface area contributed by atoms with E-state index in [4.69, 9.17) is 32.7 Å². The van der Waals surface area contributed by atoms with Crippen molar-refractivity contribution in [3.8, 4) is 11.5 Å². The fraction of sp³-hybridized carbons (Fsp3) is 0.107. The van der Waals surface area contributed by atoms with E-state index in [9.17, 15) is 22.9 Å². The number of amides is 1. The molecule has 15 heteroatoms. The summed E-state index contributed by atoms with van der Waals surface area (Å²) in [5.74, 6) is -0.474. The third kappa shape index (κ3) is 6.82. The van der Waals surface area contributed by atoms with E-state index >= 15 is 0 Å². The van der Waals surface area contributed by atoms with Crippen LogP contribution in [0.5, 0.6) is 11.5 Å². The largest absolute Gasteiger partial charge is 0.505 e. The predicted octanol–water partition coefficient (Wildman–Crippen LogP) is 6.74. The molecule has 4 aromatic carbocycles. The normalized spacial score (nSPS) is 11.8. The molecule has 1 amide bonds. The molecule has 1 heterocycles. The van der Waals surface area contributed by atoms with Gasteiger partial charge in [0.2, 0.25) is 0 Å². The minimum Gasteiger partial charge on any atom is -0.505 e. The average Bonchev–Trinajstić information content (AvgIpc) is 2.97. The van der Waals surface area contributed by atoms with Gasteiger partial charge in [0.25, 0.3) is 16.0 Å². The lowest BCUT2D eigenvalue weighted by Gasteiger charge is -2.11. The number of fused-ring (bicyclic) bond motifs is 2. The fourth-order valence-electron chi connectivity index (χ4n) is 4.04. The van der Waals surface area contributed by atoms with Crippen LogP contribution < -0.4 is 10.1 Å². The van der Waals surface area contributed by atoms with Crippen LogP contribution >= 0.6 is 23.2 Å². The molecule has 0 aliphatic rings. The first-order valence-corrected chi connectivity index (χ1v) is 14.6. The molecule has 0 aliphatic heterocycles. The number of aromatic hydroxyl groups is 1. The lowest BCUT2D eigenvalue weighted by molar-refractivity contribution is 0.102. The van der Waals surface area contributed by atoms with Crippen molar-refractivity contribution < 1.29 is 32.3 Å². The number of nitrogens with zero attached hydrogens (tertiary/aromatic N) is 4. The predicted molar refractivity (Wildman–Crippen MR) is 161 cm³/mol. The standard InChI is InChI=1S/C28H21Cl2N5O7S/c1-41-10-11-42-19-6-3-17(4-7-19)34-35-24-23(43(38,39)40)14-16-12-18(5-8-20(16)25(24)36)31-28(37)15-2-9-21-22(13-15)33-27(30)26(29)32-21/h2-9,12-14,36H,10-11H2,1H3,(H,31,37)(H,38,39,40). The van der Waals surface area contributed by atoms with Crippen LogP contribution in [-0.2, 0) is 14.9 Å². The van der Waals surface area contributed by atoms with Crippen molar-refractivity contribution in [1.82, 2.24) is 9.97 Å². The molecule has 5 aromatic rings. The summed E-state index contributed by atoms with van der Waals surface area (Å²) < 4.78 is 44.8. The Kier molecular flexibility index (Phi) is 8.71. The van der Waals surface area contributed by atoms with E-state index in [1.165, 1.54) is 30.3 Å². The summed E-state index contributed by atoms with van der Waals surface area (Å²) in [4.78, 5) is 20.5. The van der Waals surface area contributed by atoms with E-state index in [1.54, 1.807) is 37.4 Å². The van der Waals surface area contributed by atoms with Crippen LogP contribution in [0.1, 0.15) is 10.4 Å². The van der Waals surface area contributed by atoms with E-state index in [1.807, 2.05) is 0 Å². The third-order valence-corrected chi connectivity index (χ3v) is 7.58. The van der Waals surface area contributed by atoms with Gasteiger partial charge in [-0.25, -0.2) is 9.97 Å². The van der Waals surface area contributed by atoms with Gasteiger partial charge >= 0.3 is 0 Å². The molecule has 0 atom stereocenters. The number of methoxy groups -OCH3 is 1. The summed E-state index contributed by atoms with van der Waals surface area (Å²) in [5.41, 5.74) is 1.21. The number of benzene rings is 4. The van der Waals surface area contributed by atoms with Crippen molar-refractivity contribution >= 4 is 78.1 Å². The van der Waals surface area contributed by atoms with Crippen LogP contribution in [0.3, 0.4) is 0 Å². The van der Waals surface area contributed by atoms with Gasteiger partial charge in [-0.2, -0.15) is 13.5 Å². The van der Waals surface area contributed by atoms with Crippen LogP contribution in [0.4, 0.5) is 17.1 Å². The number of carbonyl (C=O) groups excluding carboxylic acids is 1. The van der Waals surface area contributed by atoms with Crippen LogP contribution in [-0.4, -0.2) is 54.3 Å². The molecule has 0 aliphatic carbocycles. The summed E-state index contributed by atoms with van der Waals surface area (Å²) in [7, 11) is -3.28. The zero-order valence-electron chi connectivity index (χ0n) is 22.2. The van der Waals surface area contributed by atoms with Crippen molar-refractivity contribution in [2.75, 3.05) is 25.6 Å². The number of nitrogens with one attached hydrogen (secondary N) is 1. The molecule has 5 rings (SSSR count). The molecule has 0 unspecified atom stereocenters. The molecule has 43 heavy (non-hydrogen) atoms. The van der Waals surface area contributed by atoms with Crippen molar-refractivity contribution in [3.63, 3.8) is 0 Å². The van der Waals surface area contributed by atoms with Crippen molar-refractivity contribution in [2.24, 2.45) is 10.2 Å². The lowest BCUT2D eigenvalue weighted by Crippen LogP contribution is -2.12. The molecule has 0 spiro atoms. The number of aromatic nitrogens is 2. The number of halogens is 2. The minimum atomic E-state index is -4.84. The molecule has 0 saturated heterocycles. The summed E-state index contributed by atoms with van der Waals surface area (Å²) in [6, 6.07) is 16.6. The highest BCUT2D eigenvalue weighted by Gasteiger charge is 2.22. The average molecular weight is 642 g/mol. The van der Waals surface area contributed by atoms with E-state index in [0.717, 1.165) is 6.07 Å². The van der Waals surface area contributed by atoms with Gasteiger partial charge < -0.3 is 19.9 Å². The molecule has 1 aromatic heterocycles. The Labute approximate surface area is 254 Å². The number of hydrogen-bond acceptors (Lipinski definition) is 10. The van der Waals surface area contributed by atoms with E-state index in [2.05, 4.69) is 25.5 Å². The lowest BCUT2D eigenvalue weighted by atomic mass is 10.1. The fourth-order valence-corrected chi connectivity index (χ4v) is 4.96. The van der Waals surface area contributed by atoms with Crippen LogP contribution in [0, 0.1) is 0 Å². The highest BCUT2D eigenvalue weighted by Crippen LogP contribution is 2.42. The molecule has 220 valence electrons. The Morgan fingerprint density at radius 2 is 1.65 bits per heavy atom. The maximum Gasteiger partial charge on any atom is 0.296 e. The quantitative estimate of drug-likeness (QED) is 0.0895. The highest BCUT2D eigenvalue weighted by atomic mass is 35.5. The van der Waals surface area contributed by atoms with Gasteiger partial charge in [0.05, 0.1) is 23.3 Å². The van der Waals surface area contributed by atoms with Crippen molar-refractivity contribution in [1.29, 1.82) is 0 Å². The number of phenols is 1. The SMILES string of the molecule is COCCOc1ccc(N=Nc2c(S(=O)(=O)O)cc3cc(NC(=O)c4ccc5nc(Cl)c(Cl)nc5c4)ccc3c2O)cc1. The second-order valence-corrected chi connectivity index (χ2v) is 11.1. The van der Waals surface area contributed by atoms with Gasteiger partial charge in [0, 0.05) is 23.7 Å². The van der Waals surface area contributed by atoms with Crippen molar-refractivity contribution in [3.05, 3.63) is 82.6 Å². The Morgan fingerprint density at radius 3 is 2.35 bits per heavy atom. The molecule has 0 radical (unpaired) electrons. The van der Waals surface area contributed by atoms with E-state index in [-0.39, 0.29) is 32.3 Å². The number of phenolic OH excluding ortho intramolecular Hbond substituents is 1. The summed E-state index contributed by atoms with van der Waals surface area (Å²) in [6.07, 6.45) is 0. The molecule has 0 fully saturated rings. The molecular formula is C28H21Cl2N5O7S. The number of azo groups is 1. The van der Waals surface area contributed by atoms with Crippen LogP contribution in [0.25, 0.3) is 21.8 Å². The van der Waals surface area contributed by atoms with Gasteiger partial charge in [-0.1, -0.05) is 23.2 Å². The first-order chi connectivity index (χ1) is 20.5. The van der Waals surface area contributed by atoms with E-state index in [0.29, 0.717) is 35.7 Å². The molecular weight excluding hydrogens is 621 g/mol. The summed E-state index contributed by atoms with van der Waals surface area (Å²) in [6.45, 7) is 0.774. The number of rotatable bonds is 9. The minimum absolute atomic E-state index is 0.00386. The second kappa shape index (κ2) is 12.5. The number of ether oxygens (including phenoxy) is 2. The topological polar surface area (TPSA) is 173 Å². The van der Waals surface area contributed by atoms with Gasteiger partial charge in [-0.3, -0.25) is 9.35 Å². The molecule has 0 bridgehead atoms. The zero-order chi connectivity index (χ0) is 30.7. The molecule has 0 saturated carbocycles. The zero-order valence-corrected chi connectivity index (χ0v) is 24.5. The van der Waals surface area contributed by atoms with Crippen LogP contribution in [0.15, 0.2) is 81.9 Å². The Hall–Kier alpha value is -4.40. The molecule has 12 nitrogen and oxygen atoms in total. The van der Waals surface area contributed by atoms with Gasteiger partial charge in [-0.15, -0.1) is 5.11 Å². The van der Waals surface area contributed by atoms with Crippen molar-refractivity contribution in [2.45, 2.75) is 4.90 Å². The van der Waals surface area contributed by atoms with Gasteiger partial charge in [0.1, 0.15) is 22.9 Å². The van der Waals surface area contributed by atoms with E-state index < -0.39 is 32.4 Å². The first-order valence-electron chi connectivity index (χ1n) is 12.4. The first kappa shape index (κ1) is 30.1. The summed E-state index contributed by atoms with van der Waals surface area (Å²) in [5, 5.41) is 22.0. The smallest absolute Gasteiger partial charge is 0.296 e. The Balaban J connectivity index is 1.43. The molecule has 3 N–H and O–H groups in total. The Bertz CT molecular complexity index is 2010. The maximum atomic E-state index is 13.0. The number of carbonyl (C=O) groups is 1. The summed E-state index contributed by atoms with van der Waals surface area (Å²) >= 11 is 11.8. The van der Waals surface area contributed by atoms with Gasteiger partial charge in [-0.05, 0) is 72.1 Å². The maximum absolute atomic E-state index is 13.0. The van der Waals surface area contributed by atoms with Crippen LogP contribution in [0.2, 0.25) is 10.3 Å². The second-order valence-electron chi connectivity index (χ2n) is 8.98. The highest BCUT2D eigenvalue weighted by molar-refractivity contribution is 7.86. The monoisotopic (exact) mass is 641 g/mol. The number of hydrogen-bond donors (Lipinski definition) is 3. The third-order valence-electron chi connectivity index (χ3n) is 6.09. The Morgan fingerprint density at radius 1 is 0.930 bits per heavy atom. The number of anilines is 1.